The highest BCUT2D eigenvalue weighted by Gasteiger charge is 2.01. The zero-order valence-corrected chi connectivity index (χ0v) is 7.83. The Kier molecular flexibility index (Phi) is 2.71. The number of terminal acetylenes is 1. The summed E-state index contributed by atoms with van der Waals surface area (Å²) in [5.41, 5.74) is 8.83. The molecule has 1 aromatic rings. The van der Waals surface area contributed by atoms with Gasteiger partial charge in [0.15, 0.2) is 0 Å². The molecule has 0 saturated carbocycles. The van der Waals surface area contributed by atoms with E-state index in [1.54, 1.807) is 0 Å². The second-order valence-electron chi connectivity index (χ2n) is 2.94. The third kappa shape index (κ3) is 2.09. The summed E-state index contributed by atoms with van der Waals surface area (Å²) in [5.74, 6) is 0.406. The fourth-order valence-corrected chi connectivity index (χ4v) is 1.14. The maximum Gasteiger partial charge on any atom is 0.141 e. The van der Waals surface area contributed by atoms with Gasteiger partial charge >= 0.3 is 0 Å². The van der Waals surface area contributed by atoms with Gasteiger partial charge in [-0.05, 0) is 25.5 Å². The molecule has 2 N–H and O–H groups in total. The second kappa shape index (κ2) is 3.77. The lowest BCUT2D eigenvalue weighted by Gasteiger charge is -2.04. The van der Waals surface area contributed by atoms with Crippen molar-refractivity contribution in [2.45, 2.75) is 13.8 Å². The van der Waals surface area contributed by atoms with Crippen LogP contribution in [0.25, 0.3) is 0 Å². The molecule has 0 unspecified atom stereocenters. The first-order chi connectivity index (χ1) is 6.15. The molecule has 0 bridgehead atoms. The van der Waals surface area contributed by atoms with Gasteiger partial charge in [0.05, 0.1) is 0 Å². The van der Waals surface area contributed by atoms with Crippen LogP contribution >= 0.6 is 0 Å². The van der Waals surface area contributed by atoms with Gasteiger partial charge in [0.25, 0.3) is 0 Å². The predicted octanol–water partition coefficient (Wildman–Crippen LogP) is 1.60. The average Bonchev–Trinajstić information content (AvgIpc) is 2.09. The van der Waals surface area contributed by atoms with Crippen molar-refractivity contribution in [3.05, 3.63) is 34.9 Å². The molecule has 2 heteroatoms. The first-order valence-electron chi connectivity index (χ1n) is 4.01. The van der Waals surface area contributed by atoms with Crippen LogP contribution in [0.5, 0.6) is 0 Å². The van der Waals surface area contributed by atoms with Crippen LogP contribution in [0, 0.1) is 26.3 Å². The van der Waals surface area contributed by atoms with E-state index in [1.165, 1.54) is 0 Å². The van der Waals surface area contributed by atoms with Crippen molar-refractivity contribution in [3.8, 4) is 12.5 Å². The van der Waals surface area contributed by atoms with E-state index >= 15 is 0 Å². The SMILES string of the molecule is C#CN=C(N)c1cc(C)ccc1C. The number of benzene rings is 1. The highest BCUT2D eigenvalue weighted by Crippen LogP contribution is 2.09. The van der Waals surface area contributed by atoms with E-state index in [0.29, 0.717) is 5.84 Å². The van der Waals surface area contributed by atoms with Gasteiger partial charge in [-0.3, -0.25) is 0 Å². The summed E-state index contributed by atoms with van der Waals surface area (Å²) in [6.07, 6.45) is 5.04. The van der Waals surface area contributed by atoms with Crippen LogP contribution in [0.2, 0.25) is 0 Å². The van der Waals surface area contributed by atoms with Gasteiger partial charge in [-0.25, -0.2) is 0 Å². The fraction of sp³-hybridized carbons (Fsp3) is 0.182. The molecule has 0 spiro atoms. The van der Waals surface area contributed by atoms with Crippen molar-refractivity contribution in [2.75, 3.05) is 0 Å². The van der Waals surface area contributed by atoms with E-state index in [9.17, 15) is 0 Å². The lowest BCUT2D eigenvalue weighted by molar-refractivity contribution is 1.35. The monoisotopic (exact) mass is 172 g/mol. The summed E-state index contributed by atoms with van der Waals surface area (Å²) in [6.45, 7) is 3.99. The molecule has 0 aliphatic carbocycles. The summed E-state index contributed by atoms with van der Waals surface area (Å²) < 4.78 is 0. The molecule has 66 valence electrons. The van der Waals surface area contributed by atoms with Crippen molar-refractivity contribution in [1.29, 1.82) is 0 Å². The van der Waals surface area contributed by atoms with E-state index in [2.05, 4.69) is 11.0 Å². The highest BCUT2D eigenvalue weighted by molar-refractivity contribution is 5.99. The van der Waals surface area contributed by atoms with Crippen molar-refractivity contribution in [3.63, 3.8) is 0 Å². The molecule has 0 atom stereocenters. The van der Waals surface area contributed by atoms with Crippen molar-refractivity contribution >= 4 is 5.84 Å². The first kappa shape index (κ1) is 9.34. The topological polar surface area (TPSA) is 38.4 Å². The number of aliphatic imine (C=N–C) groups is 1. The molecule has 0 amide bonds. The number of hydrogen-bond acceptors (Lipinski definition) is 1. The minimum absolute atomic E-state index is 0.406. The summed E-state index contributed by atoms with van der Waals surface area (Å²) in [6, 6.07) is 8.19. The molecule has 0 aliphatic rings. The lowest BCUT2D eigenvalue weighted by atomic mass is 10.1. The molecule has 0 aromatic heterocycles. The Bertz CT molecular complexity index is 384. The molecule has 0 heterocycles. The number of nitrogens with zero attached hydrogens (tertiary/aromatic N) is 1. The minimum Gasteiger partial charge on any atom is -0.383 e. The smallest absolute Gasteiger partial charge is 0.141 e. The molecule has 13 heavy (non-hydrogen) atoms. The third-order valence-corrected chi connectivity index (χ3v) is 1.85. The highest BCUT2D eigenvalue weighted by atomic mass is 14.8. The predicted molar refractivity (Wildman–Crippen MR) is 55.5 cm³/mol. The molecule has 0 radical (unpaired) electrons. The third-order valence-electron chi connectivity index (χ3n) is 1.85. The summed E-state index contributed by atoms with van der Waals surface area (Å²) in [5, 5.41) is 0. The number of rotatable bonds is 1. The lowest BCUT2D eigenvalue weighted by Crippen LogP contribution is -2.14. The zero-order chi connectivity index (χ0) is 9.84. The van der Waals surface area contributed by atoms with Crippen LogP contribution in [0.15, 0.2) is 23.2 Å². The summed E-state index contributed by atoms with van der Waals surface area (Å²) in [4.78, 5) is 3.72. The Hall–Kier alpha value is -1.75. The van der Waals surface area contributed by atoms with Crippen LogP contribution in [-0.4, -0.2) is 5.84 Å². The molecular formula is C11H12N2. The maximum atomic E-state index is 5.68. The Morgan fingerprint density at radius 2 is 2.15 bits per heavy atom. The number of amidine groups is 1. The van der Waals surface area contributed by atoms with Gasteiger partial charge in [-0.15, -0.1) is 0 Å². The number of aryl methyl sites for hydroxylation is 2. The standard InChI is InChI=1S/C11H12N2/c1-4-13-11(12)10-7-8(2)5-6-9(10)3/h1,5-7H,2-3H3,(H2,12,13). The number of hydrogen-bond donors (Lipinski definition) is 1. The molecular weight excluding hydrogens is 160 g/mol. The largest absolute Gasteiger partial charge is 0.383 e. The Morgan fingerprint density at radius 1 is 1.46 bits per heavy atom. The molecule has 0 aliphatic heterocycles. The second-order valence-corrected chi connectivity index (χ2v) is 2.94. The van der Waals surface area contributed by atoms with Crippen LogP contribution < -0.4 is 5.73 Å². The van der Waals surface area contributed by atoms with Crippen LogP contribution in [0.3, 0.4) is 0 Å². The van der Waals surface area contributed by atoms with E-state index in [4.69, 9.17) is 12.2 Å². The molecule has 1 rings (SSSR count). The molecule has 2 nitrogen and oxygen atoms in total. The van der Waals surface area contributed by atoms with Gasteiger partial charge in [0, 0.05) is 11.6 Å². The maximum absolute atomic E-state index is 5.68. The molecule has 0 saturated heterocycles. The van der Waals surface area contributed by atoms with Gasteiger partial charge in [0.1, 0.15) is 5.84 Å². The molecule has 1 aromatic carbocycles. The number of nitrogens with two attached hydrogens (primary N) is 1. The normalized spacial score (nSPS) is 11.0. The van der Waals surface area contributed by atoms with Crippen molar-refractivity contribution in [1.82, 2.24) is 0 Å². The first-order valence-corrected chi connectivity index (χ1v) is 4.01. The minimum atomic E-state index is 0.406. The fourth-order valence-electron chi connectivity index (χ4n) is 1.14. The quantitative estimate of drug-likeness (QED) is 0.390. The van der Waals surface area contributed by atoms with Gasteiger partial charge in [-0.1, -0.05) is 24.1 Å². The summed E-state index contributed by atoms with van der Waals surface area (Å²) in [7, 11) is 0. The van der Waals surface area contributed by atoms with Gasteiger partial charge in [0.2, 0.25) is 0 Å². The Morgan fingerprint density at radius 3 is 2.77 bits per heavy atom. The van der Waals surface area contributed by atoms with E-state index in [1.807, 2.05) is 32.0 Å². The zero-order valence-electron chi connectivity index (χ0n) is 7.83. The van der Waals surface area contributed by atoms with Crippen molar-refractivity contribution < 1.29 is 0 Å². The van der Waals surface area contributed by atoms with Crippen LogP contribution in [0.1, 0.15) is 16.7 Å². The molecule has 0 fully saturated rings. The summed E-state index contributed by atoms with van der Waals surface area (Å²) >= 11 is 0. The average molecular weight is 172 g/mol. The van der Waals surface area contributed by atoms with Crippen LogP contribution in [0.4, 0.5) is 0 Å². The van der Waals surface area contributed by atoms with E-state index < -0.39 is 0 Å². The van der Waals surface area contributed by atoms with Crippen LogP contribution in [-0.2, 0) is 0 Å². The Labute approximate surface area is 78.5 Å². The van der Waals surface area contributed by atoms with Gasteiger partial charge < -0.3 is 5.73 Å². The van der Waals surface area contributed by atoms with Crippen molar-refractivity contribution in [2.24, 2.45) is 10.7 Å². The van der Waals surface area contributed by atoms with Gasteiger partial charge in [-0.2, -0.15) is 4.99 Å². The Balaban J connectivity index is 3.22. The van der Waals surface area contributed by atoms with E-state index in [0.717, 1.165) is 16.7 Å². The van der Waals surface area contributed by atoms with E-state index in [-0.39, 0.29) is 0 Å².